The van der Waals surface area contributed by atoms with Gasteiger partial charge in [0.15, 0.2) is 6.29 Å². The van der Waals surface area contributed by atoms with Gasteiger partial charge in [0.1, 0.15) is 6.29 Å². The Morgan fingerprint density at radius 2 is 2.13 bits per heavy atom. The second-order valence-corrected chi connectivity index (χ2v) is 8.35. The van der Waals surface area contributed by atoms with Crippen LogP contribution in [0.4, 0.5) is 0 Å². The number of aliphatic hydroxyl groups is 1. The number of ether oxygens (including phenoxy) is 1. The molecule has 1 aliphatic heterocycles. The Hall–Kier alpha value is -0.930. The number of hydrogen-bond acceptors (Lipinski definition) is 3. The van der Waals surface area contributed by atoms with Crippen molar-refractivity contribution < 1.29 is 14.6 Å². The highest BCUT2D eigenvalue weighted by molar-refractivity contribution is 5.73. The lowest BCUT2D eigenvalue weighted by atomic mass is 9.45. The van der Waals surface area contributed by atoms with Gasteiger partial charge in [-0.15, -0.1) is 0 Å². The van der Waals surface area contributed by atoms with Gasteiger partial charge in [-0.25, -0.2) is 0 Å². The first-order valence-electron chi connectivity index (χ1n) is 9.00. The zero-order valence-corrected chi connectivity index (χ0v) is 14.7. The van der Waals surface area contributed by atoms with E-state index in [4.69, 9.17) is 4.74 Å². The summed E-state index contributed by atoms with van der Waals surface area (Å²) in [6.07, 6.45) is 7.90. The Labute approximate surface area is 139 Å². The Balaban J connectivity index is 2.03. The molecular weight excluding hydrogens is 288 g/mol. The van der Waals surface area contributed by atoms with E-state index in [2.05, 4.69) is 27.4 Å². The lowest BCUT2D eigenvalue weighted by molar-refractivity contribution is -0.201. The van der Waals surface area contributed by atoms with Crippen molar-refractivity contribution in [2.45, 2.75) is 71.7 Å². The van der Waals surface area contributed by atoms with Crippen molar-refractivity contribution in [1.29, 1.82) is 0 Å². The molecule has 3 rings (SSSR count). The zero-order valence-electron chi connectivity index (χ0n) is 14.7. The molecule has 3 nitrogen and oxygen atoms in total. The van der Waals surface area contributed by atoms with Gasteiger partial charge in [0.05, 0.1) is 6.10 Å². The van der Waals surface area contributed by atoms with Crippen molar-refractivity contribution >= 4 is 6.29 Å². The van der Waals surface area contributed by atoms with Gasteiger partial charge in [-0.3, -0.25) is 4.79 Å². The molecule has 3 aliphatic rings. The summed E-state index contributed by atoms with van der Waals surface area (Å²) in [6, 6.07) is 0. The Bertz CT molecular complexity index is 537. The molecule has 0 aromatic rings. The minimum absolute atomic E-state index is 0.0774. The number of carbonyl (C=O) groups excluding carboxylic acids is 1. The fourth-order valence-electron chi connectivity index (χ4n) is 5.50. The third kappa shape index (κ3) is 2.53. The Morgan fingerprint density at radius 3 is 2.83 bits per heavy atom. The molecule has 128 valence electrons. The van der Waals surface area contributed by atoms with Crippen molar-refractivity contribution in [2.75, 3.05) is 0 Å². The largest absolute Gasteiger partial charge is 0.368 e. The van der Waals surface area contributed by atoms with Crippen LogP contribution in [0.25, 0.3) is 0 Å². The summed E-state index contributed by atoms with van der Waals surface area (Å²) >= 11 is 0. The standard InChI is InChI=1S/C20H30O3/c1-13-6-5-7-16-19(13,3)9-8-14(2)20(16,4)17-10-15(12-21)11-18(22)23-17/h10,12,14,16-18,22H,1,5-9,11H2,2-4H3/t14-,16+,17+,18-,19+,20+/m1/s1. The van der Waals surface area contributed by atoms with Gasteiger partial charge < -0.3 is 9.84 Å². The van der Waals surface area contributed by atoms with Crippen LogP contribution in [0.3, 0.4) is 0 Å². The number of rotatable bonds is 2. The van der Waals surface area contributed by atoms with Crippen molar-refractivity contribution in [3.05, 3.63) is 23.8 Å². The summed E-state index contributed by atoms with van der Waals surface area (Å²) in [5.41, 5.74) is 2.12. The van der Waals surface area contributed by atoms with Crippen molar-refractivity contribution in [1.82, 2.24) is 0 Å². The maximum absolute atomic E-state index is 11.3. The topological polar surface area (TPSA) is 46.5 Å². The molecule has 1 heterocycles. The molecule has 0 aromatic heterocycles. The molecule has 6 atom stereocenters. The van der Waals surface area contributed by atoms with Crippen LogP contribution in [0.2, 0.25) is 0 Å². The lowest BCUT2D eigenvalue weighted by Crippen LogP contribution is -2.56. The average molecular weight is 318 g/mol. The maximum Gasteiger partial charge on any atom is 0.159 e. The predicted octanol–water partition coefficient (Wildman–Crippen LogP) is 4.02. The highest BCUT2D eigenvalue weighted by Crippen LogP contribution is 2.63. The highest BCUT2D eigenvalue weighted by Gasteiger charge is 2.57. The SMILES string of the molecule is C=C1CCC[C@@H]2[C@@](C)([C@@H]3C=C(C=O)C[C@H](O)O3)[C@H](C)CC[C@@]12C. The third-order valence-electron chi connectivity index (χ3n) is 7.30. The van der Waals surface area contributed by atoms with E-state index >= 15 is 0 Å². The van der Waals surface area contributed by atoms with E-state index in [0.29, 0.717) is 23.8 Å². The summed E-state index contributed by atoms with van der Waals surface area (Å²) in [5.74, 6) is 0.977. The molecule has 0 aromatic carbocycles. The molecule has 0 radical (unpaired) electrons. The molecule has 3 heteroatoms. The van der Waals surface area contributed by atoms with Gasteiger partial charge in [-0.2, -0.15) is 0 Å². The van der Waals surface area contributed by atoms with Gasteiger partial charge in [-0.05, 0) is 61.0 Å². The van der Waals surface area contributed by atoms with Crippen LogP contribution < -0.4 is 0 Å². The molecule has 2 fully saturated rings. The van der Waals surface area contributed by atoms with E-state index in [-0.39, 0.29) is 16.9 Å². The van der Waals surface area contributed by atoms with Gasteiger partial charge in [0.2, 0.25) is 0 Å². The van der Waals surface area contributed by atoms with Crippen LogP contribution in [0, 0.1) is 22.7 Å². The fourth-order valence-corrected chi connectivity index (χ4v) is 5.50. The number of hydrogen-bond donors (Lipinski definition) is 1. The molecule has 0 saturated heterocycles. The number of aldehydes is 1. The van der Waals surface area contributed by atoms with Crippen molar-refractivity contribution in [3.8, 4) is 0 Å². The predicted molar refractivity (Wildman–Crippen MR) is 90.7 cm³/mol. The second kappa shape index (κ2) is 5.86. The number of aliphatic hydroxyl groups excluding tert-OH is 1. The first-order valence-corrected chi connectivity index (χ1v) is 9.00. The molecule has 0 unspecified atom stereocenters. The minimum atomic E-state index is -0.866. The number of allylic oxidation sites excluding steroid dienone is 1. The highest BCUT2D eigenvalue weighted by atomic mass is 16.6. The van der Waals surface area contributed by atoms with E-state index in [9.17, 15) is 9.90 Å². The Kier molecular flexibility index (Phi) is 4.31. The van der Waals surface area contributed by atoms with Crippen molar-refractivity contribution in [2.24, 2.45) is 22.7 Å². The summed E-state index contributed by atoms with van der Waals surface area (Å²) in [5, 5.41) is 10.1. The van der Waals surface area contributed by atoms with E-state index in [1.54, 1.807) is 0 Å². The van der Waals surface area contributed by atoms with E-state index in [1.165, 1.54) is 24.8 Å². The monoisotopic (exact) mass is 318 g/mol. The van der Waals surface area contributed by atoms with Crippen molar-refractivity contribution in [3.63, 3.8) is 0 Å². The molecule has 23 heavy (non-hydrogen) atoms. The maximum atomic E-state index is 11.3. The summed E-state index contributed by atoms with van der Waals surface area (Å²) in [6.45, 7) is 11.4. The zero-order chi connectivity index (χ0) is 16.8. The molecule has 0 amide bonds. The molecule has 2 saturated carbocycles. The number of fused-ring (bicyclic) bond motifs is 1. The van der Waals surface area contributed by atoms with Crippen LogP contribution in [-0.2, 0) is 9.53 Å². The number of carbonyl (C=O) groups is 1. The first kappa shape index (κ1) is 16.9. The van der Waals surface area contributed by atoms with Gasteiger partial charge in [-0.1, -0.05) is 32.9 Å². The Morgan fingerprint density at radius 1 is 1.39 bits per heavy atom. The van der Waals surface area contributed by atoms with Crippen LogP contribution in [-0.4, -0.2) is 23.8 Å². The average Bonchev–Trinajstić information content (AvgIpc) is 2.53. The molecule has 2 aliphatic carbocycles. The summed E-state index contributed by atoms with van der Waals surface area (Å²) < 4.78 is 5.95. The summed E-state index contributed by atoms with van der Waals surface area (Å²) in [4.78, 5) is 11.3. The normalized spacial score (nSPS) is 47.7. The lowest BCUT2D eigenvalue weighted by Gasteiger charge is -2.60. The molecule has 1 N–H and O–H groups in total. The molecule has 0 spiro atoms. The molecular formula is C20H30O3. The van der Waals surface area contributed by atoms with Crippen LogP contribution in [0.1, 0.15) is 59.3 Å². The van der Waals surface area contributed by atoms with Crippen LogP contribution in [0.15, 0.2) is 23.8 Å². The van der Waals surface area contributed by atoms with Gasteiger partial charge in [0.25, 0.3) is 0 Å². The minimum Gasteiger partial charge on any atom is -0.368 e. The second-order valence-electron chi connectivity index (χ2n) is 8.35. The van der Waals surface area contributed by atoms with E-state index in [1.807, 2.05) is 6.08 Å². The van der Waals surface area contributed by atoms with E-state index < -0.39 is 6.29 Å². The van der Waals surface area contributed by atoms with Gasteiger partial charge in [0, 0.05) is 11.8 Å². The smallest absolute Gasteiger partial charge is 0.159 e. The third-order valence-corrected chi connectivity index (χ3v) is 7.30. The first-order chi connectivity index (χ1) is 10.8. The van der Waals surface area contributed by atoms with E-state index in [0.717, 1.165) is 19.1 Å². The summed E-state index contributed by atoms with van der Waals surface area (Å²) in [7, 11) is 0. The van der Waals surface area contributed by atoms with Crippen LogP contribution >= 0.6 is 0 Å². The van der Waals surface area contributed by atoms with Crippen LogP contribution in [0.5, 0.6) is 0 Å². The van der Waals surface area contributed by atoms with Gasteiger partial charge >= 0.3 is 0 Å². The quantitative estimate of drug-likeness (QED) is 0.618. The fraction of sp³-hybridized carbons (Fsp3) is 0.750. The molecule has 0 bridgehead atoms.